The molecule has 0 bridgehead atoms. The van der Waals surface area contributed by atoms with E-state index in [4.69, 9.17) is 0 Å². The van der Waals surface area contributed by atoms with Crippen LogP contribution in [0.5, 0.6) is 0 Å². The largest absolute Gasteiger partial charge is 0.435 e. The standard InChI is InChI=1S/C14H15F3N4O/c1-4-20-8-11(9(2)18-20)7-12(10(3)22)21-6-5-13(19-21)14(15,16)17/h5-8H,4H2,1-3H3/b12-7+. The Bertz CT molecular complexity index is 725. The van der Waals surface area contributed by atoms with Gasteiger partial charge in [0.1, 0.15) is 5.70 Å². The van der Waals surface area contributed by atoms with Crippen LogP contribution >= 0.6 is 0 Å². The highest BCUT2D eigenvalue weighted by molar-refractivity contribution is 6.18. The number of rotatable bonds is 4. The average Bonchev–Trinajstić information content (AvgIpc) is 3.02. The lowest BCUT2D eigenvalue weighted by molar-refractivity contribution is -0.141. The second kappa shape index (κ2) is 5.78. The van der Waals surface area contributed by atoms with Crippen molar-refractivity contribution >= 4 is 17.6 Å². The maximum Gasteiger partial charge on any atom is 0.435 e. The molecule has 0 aromatic carbocycles. The summed E-state index contributed by atoms with van der Waals surface area (Å²) < 4.78 is 40.5. The molecule has 0 amide bonds. The zero-order valence-electron chi connectivity index (χ0n) is 12.3. The Kier molecular flexibility index (Phi) is 4.20. The van der Waals surface area contributed by atoms with E-state index in [0.29, 0.717) is 17.8 Å². The normalized spacial score (nSPS) is 12.7. The van der Waals surface area contributed by atoms with Gasteiger partial charge in [0.15, 0.2) is 11.5 Å². The highest BCUT2D eigenvalue weighted by Crippen LogP contribution is 2.28. The van der Waals surface area contributed by atoms with E-state index in [0.717, 1.165) is 16.9 Å². The summed E-state index contributed by atoms with van der Waals surface area (Å²) in [6.45, 7) is 5.61. The number of carbonyl (C=O) groups is 1. The minimum atomic E-state index is -4.55. The number of ketones is 1. The zero-order valence-corrected chi connectivity index (χ0v) is 12.3. The van der Waals surface area contributed by atoms with Crippen LogP contribution in [0.3, 0.4) is 0 Å². The van der Waals surface area contributed by atoms with Crippen LogP contribution in [0.1, 0.15) is 30.8 Å². The lowest BCUT2D eigenvalue weighted by Crippen LogP contribution is -2.10. The first-order chi connectivity index (χ1) is 10.2. The van der Waals surface area contributed by atoms with Crippen LogP contribution in [0.15, 0.2) is 18.5 Å². The summed E-state index contributed by atoms with van der Waals surface area (Å²) in [4.78, 5) is 11.8. The molecular formula is C14H15F3N4O. The van der Waals surface area contributed by atoms with Gasteiger partial charge in [-0.15, -0.1) is 0 Å². The zero-order chi connectivity index (χ0) is 16.5. The Hall–Kier alpha value is -2.38. The molecule has 22 heavy (non-hydrogen) atoms. The van der Waals surface area contributed by atoms with E-state index in [2.05, 4.69) is 10.2 Å². The number of carbonyl (C=O) groups excluding carboxylic acids is 1. The third-order valence-electron chi connectivity index (χ3n) is 3.09. The first kappa shape index (κ1) is 16.0. The quantitative estimate of drug-likeness (QED) is 0.816. The van der Waals surface area contributed by atoms with Crippen LogP contribution in [0, 0.1) is 6.92 Å². The van der Waals surface area contributed by atoms with Crippen LogP contribution in [0.25, 0.3) is 11.8 Å². The predicted octanol–water partition coefficient (Wildman–Crippen LogP) is 3.01. The van der Waals surface area contributed by atoms with Crippen molar-refractivity contribution in [2.45, 2.75) is 33.5 Å². The smallest absolute Gasteiger partial charge is 0.293 e. The molecule has 0 N–H and O–H groups in total. The fraction of sp³-hybridized carbons (Fsp3) is 0.357. The van der Waals surface area contributed by atoms with E-state index >= 15 is 0 Å². The number of Topliss-reactive ketones (excluding diaryl/α,β-unsaturated/α-hetero) is 1. The SMILES string of the molecule is CCn1cc(/C=C(\C(C)=O)n2ccc(C(F)(F)F)n2)c(C)n1. The molecule has 118 valence electrons. The molecule has 0 unspecified atom stereocenters. The molecule has 0 fully saturated rings. The van der Waals surface area contributed by atoms with Gasteiger partial charge in [0.2, 0.25) is 0 Å². The Morgan fingerprint density at radius 3 is 2.50 bits per heavy atom. The molecule has 2 heterocycles. The van der Waals surface area contributed by atoms with Gasteiger partial charge in [-0.05, 0) is 26.0 Å². The van der Waals surface area contributed by atoms with E-state index in [9.17, 15) is 18.0 Å². The summed E-state index contributed by atoms with van der Waals surface area (Å²) in [5, 5.41) is 7.66. The molecule has 0 saturated carbocycles. The highest BCUT2D eigenvalue weighted by Gasteiger charge is 2.34. The van der Waals surface area contributed by atoms with E-state index in [1.165, 1.54) is 13.0 Å². The molecule has 2 aromatic rings. The van der Waals surface area contributed by atoms with Gasteiger partial charge in [-0.3, -0.25) is 9.48 Å². The van der Waals surface area contributed by atoms with Gasteiger partial charge in [0.05, 0.1) is 5.69 Å². The molecule has 0 aliphatic rings. The third kappa shape index (κ3) is 3.26. The predicted molar refractivity (Wildman–Crippen MR) is 74.7 cm³/mol. The monoisotopic (exact) mass is 312 g/mol. The Labute approximate surface area is 125 Å². The van der Waals surface area contributed by atoms with Gasteiger partial charge in [-0.2, -0.15) is 23.4 Å². The summed E-state index contributed by atoms with van der Waals surface area (Å²) in [6, 6.07) is 0.832. The Morgan fingerprint density at radius 1 is 1.36 bits per heavy atom. The summed E-state index contributed by atoms with van der Waals surface area (Å²) in [6.07, 6.45) is -0.206. The number of hydrogen-bond donors (Lipinski definition) is 0. The average molecular weight is 312 g/mol. The molecule has 0 aliphatic heterocycles. The van der Waals surface area contributed by atoms with E-state index in [1.54, 1.807) is 17.8 Å². The van der Waals surface area contributed by atoms with Crippen molar-refractivity contribution in [3.63, 3.8) is 0 Å². The summed E-state index contributed by atoms with van der Waals surface area (Å²) in [7, 11) is 0. The molecule has 2 rings (SSSR count). The van der Waals surface area contributed by atoms with Crippen molar-refractivity contribution in [2.24, 2.45) is 0 Å². The molecule has 0 saturated heterocycles. The van der Waals surface area contributed by atoms with E-state index in [-0.39, 0.29) is 11.5 Å². The molecule has 2 aromatic heterocycles. The lowest BCUT2D eigenvalue weighted by Gasteiger charge is -2.05. The molecule has 0 radical (unpaired) electrons. The lowest BCUT2D eigenvalue weighted by atomic mass is 10.2. The molecular weight excluding hydrogens is 297 g/mol. The van der Waals surface area contributed by atoms with Gasteiger partial charge in [-0.25, -0.2) is 4.68 Å². The molecule has 0 spiro atoms. The van der Waals surface area contributed by atoms with Crippen molar-refractivity contribution < 1.29 is 18.0 Å². The summed E-state index contributed by atoms with van der Waals surface area (Å²) >= 11 is 0. The second-order valence-electron chi connectivity index (χ2n) is 4.75. The highest BCUT2D eigenvalue weighted by atomic mass is 19.4. The van der Waals surface area contributed by atoms with Crippen LogP contribution < -0.4 is 0 Å². The molecule has 0 aliphatic carbocycles. The molecule has 8 heteroatoms. The van der Waals surface area contributed by atoms with E-state index in [1.807, 2.05) is 6.92 Å². The molecule has 0 atom stereocenters. The van der Waals surface area contributed by atoms with Crippen molar-refractivity contribution in [2.75, 3.05) is 0 Å². The van der Waals surface area contributed by atoms with Gasteiger partial charge in [0, 0.05) is 31.4 Å². The van der Waals surface area contributed by atoms with Crippen LogP contribution in [0.2, 0.25) is 0 Å². The number of alkyl halides is 3. The molecule has 5 nitrogen and oxygen atoms in total. The number of hydrogen-bond acceptors (Lipinski definition) is 3. The van der Waals surface area contributed by atoms with Crippen molar-refractivity contribution in [3.8, 4) is 0 Å². The summed E-state index contributed by atoms with van der Waals surface area (Å²) in [5.74, 6) is -0.388. The minimum absolute atomic E-state index is 0.0502. The van der Waals surface area contributed by atoms with Crippen LogP contribution in [0.4, 0.5) is 13.2 Å². The number of aromatic nitrogens is 4. The number of allylic oxidation sites excluding steroid dienone is 1. The van der Waals surface area contributed by atoms with Gasteiger partial charge in [0.25, 0.3) is 0 Å². The van der Waals surface area contributed by atoms with Gasteiger partial charge < -0.3 is 0 Å². The Balaban J connectivity index is 2.46. The van der Waals surface area contributed by atoms with Crippen LogP contribution in [-0.4, -0.2) is 25.3 Å². The van der Waals surface area contributed by atoms with Crippen molar-refractivity contribution in [1.82, 2.24) is 19.6 Å². The minimum Gasteiger partial charge on any atom is -0.293 e. The Morgan fingerprint density at radius 2 is 2.05 bits per heavy atom. The maximum atomic E-state index is 12.6. The fourth-order valence-corrected chi connectivity index (χ4v) is 1.92. The number of halogens is 3. The number of nitrogens with zero attached hydrogens (tertiary/aromatic N) is 4. The van der Waals surface area contributed by atoms with Crippen molar-refractivity contribution in [3.05, 3.63) is 35.4 Å². The maximum absolute atomic E-state index is 12.6. The van der Waals surface area contributed by atoms with E-state index < -0.39 is 11.9 Å². The number of aryl methyl sites for hydroxylation is 2. The summed E-state index contributed by atoms with van der Waals surface area (Å²) in [5.41, 5.74) is 0.356. The first-order valence-electron chi connectivity index (χ1n) is 6.62. The first-order valence-corrected chi connectivity index (χ1v) is 6.62. The van der Waals surface area contributed by atoms with Crippen LogP contribution in [-0.2, 0) is 17.5 Å². The van der Waals surface area contributed by atoms with Gasteiger partial charge >= 0.3 is 6.18 Å². The van der Waals surface area contributed by atoms with Crippen molar-refractivity contribution in [1.29, 1.82) is 0 Å². The topological polar surface area (TPSA) is 52.7 Å². The fourth-order valence-electron chi connectivity index (χ4n) is 1.92. The van der Waals surface area contributed by atoms with Gasteiger partial charge in [-0.1, -0.05) is 0 Å². The second-order valence-corrected chi connectivity index (χ2v) is 4.75. The third-order valence-corrected chi connectivity index (χ3v) is 3.09.